The zero-order valence-corrected chi connectivity index (χ0v) is 14.6. The third kappa shape index (κ3) is 5.26. The predicted octanol–water partition coefficient (Wildman–Crippen LogP) is 2.38. The number of piperazine rings is 1. The predicted molar refractivity (Wildman–Crippen MR) is 90.2 cm³/mol. The molecule has 1 aliphatic heterocycles. The summed E-state index contributed by atoms with van der Waals surface area (Å²) in [6.07, 6.45) is 1.91. The quantitative estimate of drug-likeness (QED) is 0.913. The molecule has 0 amide bonds. The van der Waals surface area contributed by atoms with Gasteiger partial charge < -0.3 is 10.1 Å². The number of halogens is 3. The lowest BCUT2D eigenvalue weighted by atomic mass is 10.1. The summed E-state index contributed by atoms with van der Waals surface area (Å²) < 4.78 is 5.43. The summed E-state index contributed by atoms with van der Waals surface area (Å²) in [5, 5.41) is 3.36. The van der Waals surface area contributed by atoms with Gasteiger partial charge in [0.15, 0.2) is 0 Å². The Morgan fingerprint density at radius 1 is 1.20 bits per heavy atom. The number of methoxy groups -OCH3 is 1. The largest absolute Gasteiger partial charge is 0.496 e. The SMILES string of the molecule is COc1c(C)cnc(CN2CCNCC2)c1C.Cl.Cl.Cl. The second kappa shape index (κ2) is 10.5. The molecule has 1 aliphatic rings. The molecule has 1 aromatic rings. The first kappa shape index (κ1) is 22.0. The Bertz CT molecular complexity index is 399. The van der Waals surface area contributed by atoms with Crippen molar-refractivity contribution < 1.29 is 4.74 Å². The Morgan fingerprint density at radius 2 is 1.80 bits per heavy atom. The zero-order chi connectivity index (χ0) is 12.3. The number of rotatable bonds is 3. The Kier molecular flexibility index (Phi) is 11.5. The summed E-state index contributed by atoms with van der Waals surface area (Å²) in [7, 11) is 1.73. The van der Waals surface area contributed by atoms with Gasteiger partial charge in [0.2, 0.25) is 0 Å². The van der Waals surface area contributed by atoms with Crippen molar-refractivity contribution in [2.45, 2.75) is 20.4 Å². The first-order valence-corrected chi connectivity index (χ1v) is 6.14. The Balaban J connectivity index is 0. The van der Waals surface area contributed by atoms with Crippen molar-refractivity contribution in [3.63, 3.8) is 0 Å². The van der Waals surface area contributed by atoms with Gasteiger partial charge in [-0.15, -0.1) is 37.2 Å². The van der Waals surface area contributed by atoms with Crippen molar-refractivity contribution in [2.24, 2.45) is 0 Å². The van der Waals surface area contributed by atoms with Gasteiger partial charge in [-0.05, 0) is 13.8 Å². The van der Waals surface area contributed by atoms with Crippen LogP contribution in [0.25, 0.3) is 0 Å². The molecule has 0 atom stereocenters. The summed E-state index contributed by atoms with van der Waals surface area (Å²) in [5.41, 5.74) is 3.41. The third-order valence-corrected chi connectivity index (χ3v) is 3.33. The van der Waals surface area contributed by atoms with Gasteiger partial charge in [0.25, 0.3) is 0 Å². The van der Waals surface area contributed by atoms with Gasteiger partial charge in [0.1, 0.15) is 5.75 Å². The van der Waals surface area contributed by atoms with Crippen LogP contribution in [0, 0.1) is 13.8 Å². The average Bonchev–Trinajstić information content (AvgIpc) is 2.35. The minimum atomic E-state index is 0. The Hall–Kier alpha value is -0.260. The van der Waals surface area contributed by atoms with Crippen LogP contribution >= 0.6 is 37.2 Å². The topological polar surface area (TPSA) is 37.4 Å². The number of aromatic nitrogens is 1. The van der Waals surface area contributed by atoms with Gasteiger partial charge in [-0.3, -0.25) is 9.88 Å². The zero-order valence-electron chi connectivity index (χ0n) is 12.1. The molecule has 0 aromatic carbocycles. The van der Waals surface area contributed by atoms with E-state index in [1.54, 1.807) is 7.11 Å². The van der Waals surface area contributed by atoms with Crippen molar-refractivity contribution in [3.8, 4) is 5.75 Å². The molecule has 20 heavy (non-hydrogen) atoms. The van der Waals surface area contributed by atoms with Gasteiger partial charge in [0, 0.05) is 50.0 Å². The second-order valence-corrected chi connectivity index (χ2v) is 4.57. The molecule has 0 radical (unpaired) electrons. The van der Waals surface area contributed by atoms with Crippen LogP contribution in [-0.2, 0) is 6.54 Å². The molecule has 2 heterocycles. The molecule has 1 saturated heterocycles. The maximum Gasteiger partial charge on any atom is 0.128 e. The highest BCUT2D eigenvalue weighted by Crippen LogP contribution is 2.24. The number of nitrogens with zero attached hydrogens (tertiary/aromatic N) is 2. The normalized spacial score (nSPS) is 14.6. The van der Waals surface area contributed by atoms with Crippen LogP contribution in [0.1, 0.15) is 16.8 Å². The molecule has 7 heteroatoms. The van der Waals surface area contributed by atoms with Crippen LogP contribution in [0.2, 0.25) is 0 Å². The molecule has 0 spiro atoms. The number of nitrogens with one attached hydrogen (secondary N) is 1. The van der Waals surface area contributed by atoms with Gasteiger partial charge in [-0.1, -0.05) is 0 Å². The molecule has 4 nitrogen and oxygen atoms in total. The molecule has 2 rings (SSSR count). The lowest BCUT2D eigenvalue weighted by Crippen LogP contribution is -2.43. The fourth-order valence-corrected chi connectivity index (χ4v) is 2.31. The van der Waals surface area contributed by atoms with E-state index in [0.717, 1.165) is 49.7 Å². The van der Waals surface area contributed by atoms with Crippen molar-refractivity contribution in [1.29, 1.82) is 0 Å². The summed E-state index contributed by atoms with van der Waals surface area (Å²) >= 11 is 0. The fourth-order valence-electron chi connectivity index (χ4n) is 2.31. The van der Waals surface area contributed by atoms with E-state index in [2.05, 4.69) is 22.1 Å². The highest BCUT2D eigenvalue weighted by atomic mass is 35.5. The fraction of sp³-hybridized carbons (Fsp3) is 0.615. The minimum absolute atomic E-state index is 0. The van der Waals surface area contributed by atoms with E-state index in [0.29, 0.717) is 0 Å². The molecule has 1 N–H and O–H groups in total. The van der Waals surface area contributed by atoms with Crippen LogP contribution in [0.15, 0.2) is 6.20 Å². The van der Waals surface area contributed by atoms with E-state index >= 15 is 0 Å². The Morgan fingerprint density at radius 3 is 2.35 bits per heavy atom. The van der Waals surface area contributed by atoms with E-state index in [1.165, 1.54) is 5.56 Å². The number of hydrogen-bond acceptors (Lipinski definition) is 4. The summed E-state index contributed by atoms with van der Waals surface area (Å²) in [6, 6.07) is 0. The molecule has 0 unspecified atom stereocenters. The van der Waals surface area contributed by atoms with Gasteiger partial charge in [-0.2, -0.15) is 0 Å². The summed E-state index contributed by atoms with van der Waals surface area (Å²) in [4.78, 5) is 6.97. The highest BCUT2D eigenvalue weighted by molar-refractivity contribution is 5.86. The summed E-state index contributed by atoms with van der Waals surface area (Å²) in [5.74, 6) is 0.977. The monoisotopic (exact) mass is 343 g/mol. The highest BCUT2D eigenvalue weighted by Gasteiger charge is 2.14. The molecule has 0 aliphatic carbocycles. The second-order valence-electron chi connectivity index (χ2n) is 4.57. The number of pyridine rings is 1. The van der Waals surface area contributed by atoms with Crippen LogP contribution in [0.5, 0.6) is 5.75 Å². The van der Waals surface area contributed by atoms with Crippen LogP contribution in [0.3, 0.4) is 0 Å². The van der Waals surface area contributed by atoms with Crippen LogP contribution in [-0.4, -0.2) is 43.2 Å². The van der Waals surface area contributed by atoms with Gasteiger partial charge in [0.05, 0.1) is 12.8 Å². The first-order valence-electron chi connectivity index (χ1n) is 6.14. The molecule has 118 valence electrons. The minimum Gasteiger partial charge on any atom is -0.496 e. The van der Waals surface area contributed by atoms with Crippen LogP contribution < -0.4 is 10.1 Å². The number of aryl methyl sites for hydroxylation is 1. The molecule has 1 aromatic heterocycles. The van der Waals surface area contributed by atoms with Crippen molar-refractivity contribution in [1.82, 2.24) is 15.2 Å². The molecule has 1 fully saturated rings. The average molecular weight is 345 g/mol. The van der Waals surface area contributed by atoms with Crippen molar-refractivity contribution in [2.75, 3.05) is 33.3 Å². The van der Waals surface area contributed by atoms with E-state index < -0.39 is 0 Å². The number of ether oxygens (including phenoxy) is 1. The maximum absolute atomic E-state index is 5.43. The smallest absolute Gasteiger partial charge is 0.128 e. The molecular weight excluding hydrogens is 321 g/mol. The maximum atomic E-state index is 5.43. The molecular formula is C13H24Cl3N3O. The molecule has 0 bridgehead atoms. The molecule has 0 saturated carbocycles. The van der Waals surface area contributed by atoms with Crippen molar-refractivity contribution >= 4 is 37.2 Å². The van der Waals surface area contributed by atoms with E-state index in [1.807, 2.05) is 13.1 Å². The number of hydrogen-bond donors (Lipinski definition) is 1. The first-order chi connectivity index (χ1) is 8.22. The third-order valence-electron chi connectivity index (χ3n) is 3.33. The standard InChI is InChI=1S/C13H21N3O.3ClH/c1-10-8-15-12(11(2)13(10)17-3)9-16-6-4-14-5-7-16;;;/h8,14H,4-7,9H2,1-3H3;3*1H. The Labute approximate surface area is 139 Å². The van der Waals surface area contributed by atoms with E-state index in [4.69, 9.17) is 4.74 Å². The van der Waals surface area contributed by atoms with Crippen molar-refractivity contribution in [3.05, 3.63) is 23.0 Å². The lowest BCUT2D eigenvalue weighted by molar-refractivity contribution is 0.230. The van der Waals surface area contributed by atoms with E-state index in [-0.39, 0.29) is 37.2 Å². The van der Waals surface area contributed by atoms with Crippen LogP contribution in [0.4, 0.5) is 0 Å². The lowest BCUT2D eigenvalue weighted by Gasteiger charge is -2.27. The van der Waals surface area contributed by atoms with Gasteiger partial charge in [-0.25, -0.2) is 0 Å². The summed E-state index contributed by atoms with van der Waals surface area (Å²) in [6.45, 7) is 9.38. The van der Waals surface area contributed by atoms with Gasteiger partial charge >= 0.3 is 0 Å². The van der Waals surface area contributed by atoms with E-state index in [9.17, 15) is 0 Å².